The summed E-state index contributed by atoms with van der Waals surface area (Å²) in [5, 5.41) is -0.760. The monoisotopic (exact) mass is 434 g/mol. The van der Waals surface area contributed by atoms with Crippen molar-refractivity contribution in [3.05, 3.63) is 73.7 Å². The van der Waals surface area contributed by atoms with Crippen LogP contribution in [0.1, 0.15) is 47.0 Å². The van der Waals surface area contributed by atoms with E-state index in [1.807, 2.05) is 34.2 Å². The summed E-state index contributed by atoms with van der Waals surface area (Å²) in [6, 6.07) is 0. The highest BCUT2D eigenvalue weighted by molar-refractivity contribution is 6.96. The summed E-state index contributed by atoms with van der Waals surface area (Å²) in [6.07, 6.45) is 2.59. The van der Waals surface area contributed by atoms with Gasteiger partial charge < -0.3 is 8.85 Å². The van der Waals surface area contributed by atoms with Crippen molar-refractivity contribution >= 4 is 24.7 Å². The molecule has 1 atom stereocenters. The highest BCUT2D eigenvalue weighted by Crippen LogP contribution is 2.42. The van der Waals surface area contributed by atoms with Crippen LogP contribution in [0.3, 0.4) is 0 Å². The van der Waals surface area contributed by atoms with Gasteiger partial charge in [0.25, 0.3) is 8.32 Å². The molecule has 0 aliphatic rings. The molecule has 0 aliphatic heterocycles. The van der Waals surface area contributed by atoms with Gasteiger partial charge in [-0.2, -0.15) is 0 Å². The Balaban J connectivity index is 6.43. The summed E-state index contributed by atoms with van der Waals surface area (Å²) in [5.74, 6) is 0. The zero-order valence-electron chi connectivity index (χ0n) is 19.1. The first-order valence-electron chi connectivity index (χ1n) is 10.2. The molecule has 0 N–H and O–H groups in total. The molecule has 0 aromatic carbocycles. The summed E-state index contributed by atoms with van der Waals surface area (Å²) >= 11 is 0. The molecule has 158 valence electrons. The second kappa shape index (κ2) is 10.2. The van der Waals surface area contributed by atoms with Gasteiger partial charge in [0.2, 0.25) is 8.32 Å². The summed E-state index contributed by atoms with van der Waals surface area (Å²) in [7, 11) is -7.13. The molecule has 0 heterocycles. The Morgan fingerprint density at radius 3 is 1.32 bits per heavy atom. The van der Waals surface area contributed by atoms with Gasteiger partial charge in [-0.1, -0.05) is 55.0 Å². The fourth-order valence-electron chi connectivity index (χ4n) is 3.89. The predicted molar refractivity (Wildman–Crippen MR) is 134 cm³/mol. The minimum atomic E-state index is -2.45. The van der Waals surface area contributed by atoms with Gasteiger partial charge in [0.15, 0.2) is 8.07 Å². The fourth-order valence-corrected chi connectivity index (χ4v) is 13.7. The van der Waals surface area contributed by atoms with Crippen LogP contribution < -0.4 is 0 Å². The summed E-state index contributed by atoms with van der Waals surface area (Å²) in [4.78, 5) is 0. The Morgan fingerprint density at radius 1 is 0.679 bits per heavy atom. The smallest absolute Gasteiger partial charge is 0.265 e. The molecule has 0 saturated carbocycles. The first-order valence-corrected chi connectivity index (χ1v) is 17.5. The molecule has 0 radical (unpaired) electrons. The SMILES string of the molecule is C=C[Si](C=C)(C=C)OC(C)(CC)[Si](C)(C)OC(CC)(CC)[Si](C=C)(C=C)C=C. The minimum Gasteiger partial charge on any atom is -0.411 e. The van der Waals surface area contributed by atoms with E-state index in [2.05, 4.69) is 80.3 Å². The first kappa shape index (κ1) is 27.0. The molecular weight excluding hydrogens is 393 g/mol. The van der Waals surface area contributed by atoms with E-state index in [4.69, 9.17) is 8.85 Å². The van der Waals surface area contributed by atoms with Gasteiger partial charge in [-0.15, -0.1) is 39.5 Å². The van der Waals surface area contributed by atoms with Crippen molar-refractivity contribution in [2.75, 3.05) is 0 Å². The molecule has 1 unspecified atom stereocenters. The average Bonchev–Trinajstić information content (AvgIpc) is 2.72. The summed E-state index contributed by atoms with van der Waals surface area (Å²) < 4.78 is 14.0. The highest BCUT2D eigenvalue weighted by Gasteiger charge is 2.56. The number of rotatable bonds is 15. The molecule has 0 bridgehead atoms. The van der Waals surface area contributed by atoms with Crippen LogP contribution in [0.4, 0.5) is 0 Å². The molecule has 28 heavy (non-hydrogen) atoms. The maximum Gasteiger partial charge on any atom is 0.265 e. The van der Waals surface area contributed by atoms with Gasteiger partial charge in [-0.05, 0) is 39.3 Å². The normalized spacial score (nSPS) is 15.2. The Morgan fingerprint density at radius 2 is 1.07 bits per heavy atom. The molecule has 0 aliphatic carbocycles. The van der Waals surface area contributed by atoms with E-state index in [1.165, 1.54) is 0 Å². The second-order valence-electron chi connectivity index (χ2n) is 8.01. The van der Waals surface area contributed by atoms with Crippen LogP contribution >= 0.6 is 0 Å². The molecular formula is C23H42O2Si3. The fraction of sp³-hybridized carbons (Fsp3) is 0.478. The van der Waals surface area contributed by atoms with Crippen molar-refractivity contribution < 1.29 is 8.85 Å². The van der Waals surface area contributed by atoms with E-state index in [0.29, 0.717) is 0 Å². The number of hydrogen-bond acceptors (Lipinski definition) is 2. The van der Waals surface area contributed by atoms with E-state index in [0.717, 1.165) is 19.3 Å². The zero-order valence-corrected chi connectivity index (χ0v) is 22.1. The van der Waals surface area contributed by atoms with Crippen LogP contribution in [-0.2, 0) is 8.85 Å². The first-order chi connectivity index (χ1) is 13.0. The van der Waals surface area contributed by atoms with Crippen LogP contribution in [-0.4, -0.2) is 35.2 Å². The van der Waals surface area contributed by atoms with Crippen LogP contribution in [0.2, 0.25) is 13.1 Å². The van der Waals surface area contributed by atoms with Crippen molar-refractivity contribution in [3.8, 4) is 0 Å². The quantitative estimate of drug-likeness (QED) is 0.265. The van der Waals surface area contributed by atoms with E-state index in [1.54, 1.807) is 0 Å². The van der Waals surface area contributed by atoms with Crippen molar-refractivity contribution in [1.29, 1.82) is 0 Å². The second-order valence-corrected chi connectivity index (χ2v) is 19.4. The lowest BCUT2D eigenvalue weighted by atomic mass is 10.2. The maximum atomic E-state index is 7.18. The van der Waals surface area contributed by atoms with E-state index < -0.39 is 29.9 Å². The van der Waals surface area contributed by atoms with Gasteiger partial charge >= 0.3 is 0 Å². The zero-order chi connectivity index (χ0) is 22.3. The minimum absolute atomic E-state index is 0.339. The van der Waals surface area contributed by atoms with Crippen molar-refractivity contribution in [2.24, 2.45) is 0 Å². The number of hydrogen-bond donors (Lipinski definition) is 0. The molecule has 0 amide bonds. The Labute approximate surface area is 177 Å². The lowest BCUT2D eigenvalue weighted by molar-refractivity contribution is 0.0694. The Kier molecular flexibility index (Phi) is 9.80. The van der Waals surface area contributed by atoms with Crippen molar-refractivity contribution in [1.82, 2.24) is 0 Å². The molecule has 2 nitrogen and oxygen atoms in total. The van der Waals surface area contributed by atoms with Crippen molar-refractivity contribution in [3.63, 3.8) is 0 Å². The largest absolute Gasteiger partial charge is 0.411 e. The molecule has 0 aromatic heterocycles. The van der Waals surface area contributed by atoms with E-state index in [-0.39, 0.29) is 5.22 Å². The van der Waals surface area contributed by atoms with Crippen LogP contribution in [0.5, 0.6) is 0 Å². The van der Waals surface area contributed by atoms with Crippen LogP contribution in [0.15, 0.2) is 73.7 Å². The molecule has 0 aromatic rings. The van der Waals surface area contributed by atoms with Gasteiger partial charge in [0.1, 0.15) is 0 Å². The van der Waals surface area contributed by atoms with Gasteiger partial charge in [-0.3, -0.25) is 0 Å². The van der Waals surface area contributed by atoms with E-state index >= 15 is 0 Å². The molecule has 0 saturated heterocycles. The van der Waals surface area contributed by atoms with E-state index in [9.17, 15) is 0 Å². The predicted octanol–water partition coefficient (Wildman–Crippen LogP) is 6.78. The molecule has 5 heteroatoms. The molecule has 0 fully saturated rings. The van der Waals surface area contributed by atoms with Crippen molar-refractivity contribution in [2.45, 2.75) is 70.5 Å². The Hall–Kier alpha value is -0.989. The molecule has 0 spiro atoms. The maximum absolute atomic E-state index is 7.18. The highest BCUT2D eigenvalue weighted by atomic mass is 28.4. The van der Waals surface area contributed by atoms with Gasteiger partial charge in [0.05, 0.1) is 10.4 Å². The topological polar surface area (TPSA) is 18.5 Å². The Bertz CT molecular complexity index is 561. The summed E-state index contributed by atoms with van der Waals surface area (Å²) in [6.45, 7) is 37.6. The standard InChI is InChI=1S/C23H42O2Si3/c1-13-22(10,24-28(19-7,20-8)21-9)26(11,12)25-23(14-2,15-3)27(16-4,17-5)18-6/h16-21H,4-9,13-15H2,1-3,10-12H3. The lowest BCUT2D eigenvalue weighted by Gasteiger charge is -2.53. The van der Waals surface area contributed by atoms with Gasteiger partial charge in [0, 0.05) is 0 Å². The lowest BCUT2D eigenvalue weighted by Crippen LogP contribution is -2.68. The van der Waals surface area contributed by atoms with Crippen LogP contribution in [0, 0.1) is 0 Å². The van der Waals surface area contributed by atoms with Crippen LogP contribution in [0.25, 0.3) is 0 Å². The molecule has 0 rings (SSSR count). The van der Waals surface area contributed by atoms with Gasteiger partial charge in [-0.25, -0.2) is 0 Å². The summed E-state index contributed by atoms with van der Waals surface area (Å²) in [5.41, 5.74) is 11.8. The average molecular weight is 435 g/mol. The third kappa shape index (κ3) is 4.60. The third-order valence-corrected chi connectivity index (χ3v) is 18.1. The third-order valence-electron chi connectivity index (χ3n) is 6.70.